The SMILES string of the molecule is Oc1ccc2c(Br)c(-c3ccccc3O)ccc2c1. The Morgan fingerprint density at radius 1 is 0.789 bits per heavy atom. The lowest BCUT2D eigenvalue weighted by Gasteiger charge is -2.10. The summed E-state index contributed by atoms with van der Waals surface area (Å²) in [5.74, 6) is 0.496. The zero-order valence-electron chi connectivity index (χ0n) is 9.97. The molecule has 0 bridgehead atoms. The molecule has 0 atom stereocenters. The number of hydrogen-bond donors (Lipinski definition) is 2. The molecule has 0 aliphatic heterocycles. The van der Waals surface area contributed by atoms with Crippen LogP contribution in [0.15, 0.2) is 59.1 Å². The van der Waals surface area contributed by atoms with Crippen LogP contribution in [0.25, 0.3) is 21.9 Å². The Kier molecular flexibility index (Phi) is 2.91. The van der Waals surface area contributed by atoms with Gasteiger partial charge >= 0.3 is 0 Å². The lowest BCUT2D eigenvalue weighted by atomic mass is 10.0. The van der Waals surface area contributed by atoms with Gasteiger partial charge in [-0.2, -0.15) is 0 Å². The summed E-state index contributed by atoms with van der Waals surface area (Å²) in [6.45, 7) is 0. The van der Waals surface area contributed by atoms with E-state index in [1.807, 2.05) is 30.3 Å². The van der Waals surface area contributed by atoms with E-state index in [0.717, 1.165) is 26.4 Å². The predicted molar refractivity (Wildman–Crippen MR) is 80.4 cm³/mol. The molecule has 0 spiro atoms. The summed E-state index contributed by atoms with van der Waals surface area (Å²) < 4.78 is 0.909. The molecule has 2 nitrogen and oxygen atoms in total. The van der Waals surface area contributed by atoms with Crippen LogP contribution in [0.5, 0.6) is 11.5 Å². The van der Waals surface area contributed by atoms with Crippen LogP contribution in [0.2, 0.25) is 0 Å². The van der Waals surface area contributed by atoms with Gasteiger partial charge in [-0.3, -0.25) is 0 Å². The first-order valence-electron chi connectivity index (χ1n) is 5.86. The molecule has 0 aliphatic carbocycles. The molecule has 0 amide bonds. The van der Waals surface area contributed by atoms with Gasteiger partial charge in [0, 0.05) is 15.6 Å². The van der Waals surface area contributed by atoms with Gasteiger partial charge < -0.3 is 10.2 Å². The third kappa shape index (κ3) is 2.06. The highest BCUT2D eigenvalue weighted by atomic mass is 79.9. The van der Waals surface area contributed by atoms with Crippen LogP contribution in [0.1, 0.15) is 0 Å². The summed E-state index contributed by atoms with van der Waals surface area (Å²) in [5, 5.41) is 21.4. The molecule has 0 unspecified atom stereocenters. The molecule has 0 heterocycles. The fraction of sp³-hybridized carbons (Fsp3) is 0. The lowest BCUT2D eigenvalue weighted by molar-refractivity contribution is 0.476. The topological polar surface area (TPSA) is 40.5 Å². The first kappa shape index (κ1) is 12.1. The Morgan fingerprint density at radius 3 is 2.37 bits per heavy atom. The van der Waals surface area contributed by atoms with Crippen LogP contribution in [0, 0.1) is 0 Å². The van der Waals surface area contributed by atoms with Gasteiger partial charge in [0.15, 0.2) is 0 Å². The summed E-state index contributed by atoms with van der Waals surface area (Å²) in [5.41, 5.74) is 1.71. The number of benzene rings is 3. The zero-order chi connectivity index (χ0) is 13.4. The van der Waals surface area contributed by atoms with Crippen molar-refractivity contribution < 1.29 is 10.2 Å². The Bertz CT molecular complexity index is 766. The molecule has 0 saturated carbocycles. The van der Waals surface area contributed by atoms with E-state index >= 15 is 0 Å². The highest BCUT2D eigenvalue weighted by Gasteiger charge is 2.10. The van der Waals surface area contributed by atoms with Crippen molar-refractivity contribution >= 4 is 26.7 Å². The maximum absolute atomic E-state index is 9.94. The van der Waals surface area contributed by atoms with E-state index in [9.17, 15) is 10.2 Å². The number of hydrogen-bond acceptors (Lipinski definition) is 2. The molecule has 0 saturated heterocycles. The minimum atomic E-state index is 0.245. The van der Waals surface area contributed by atoms with Crippen molar-refractivity contribution in [3.63, 3.8) is 0 Å². The number of rotatable bonds is 1. The van der Waals surface area contributed by atoms with Gasteiger partial charge in [-0.15, -0.1) is 0 Å². The van der Waals surface area contributed by atoms with Gasteiger partial charge in [0.25, 0.3) is 0 Å². The fourth-order valence-electron chi connectivity index (χ4n) is 2.19. The monoisotopic (exact) mass is 314 g/mol. The molecule has 94 valence electrons. The normalized spacial score (nSPS) is 10.8. The quantitative estimate of drug-likeness (QED) is 0.684. The standard InChI is InChI=1S/C16H11BrO2/c17-16-12-8-6-11(18)9-10(12)5-7-14(16)13-3-1-2-4-15(13)19/h1-9,18-19H. The summed E-state index contributed by atoms with van der Waals surface area (Å²) in [6.07, 6.45) is 0. The first-order valence-corrected chi connectivity index (χ1v) is 6.66. The number of para-hydroxylation sites is 1. The molecule has 3 aromatic carbocycles. The molecular weight excluding hydrogens is 304 g/mol. The van der Waals surface area contributed by atoms with Crippen molar-refractivity contribution in [1.82, 2.24) is 0 Å². The number of aromatic hydroxyl groups is 2. The summed E-state index contributed by atoms with van der Waals surface area (Å²) in [7, 11) is 0. The molecule has 0 aromatic heterocycles. The Morgan fingerprint density at radius 2 is 1.58 bits per heavy atom. The highest BCUT2D eigenvalue weighted by molar-refractivity contribution is 9.10. The van der Waals surface area contributed by atoms with Gasteiger partial charge in [0.2, 0.25) is 0 Å². The molecule has 3 rings (SSSR count). The van der Waals surface area contributed by atoms with E-state index in [1.165, 1.54) is 0 Å². The third-order valence-electron chi connectivity index (χ3n) is 3.13. The van der Waals surface area contributed by atoms with E-state index < -0.39 is 0 Å². The Labute approximate surface area is 119 Å². The van der Waals surface area contributed by atoms with Crippen LogP contribution in [0.4, 0.5) is 0 Å². The second kappa shape index (κ2) is 4.59. The zero-order valence-corrected chi connectivity index (χ0v) is 11.6. The van der Waals surface area contributed by atoms with Crippen molar-refractivity contribution in [1.29, 1.82) is 0 Å². The average molecular weight is 315 g/mol. The van der Waals surface area contributed by atoms with Crippen molar-refractivity contribution in [2.75, 3.05) is 0 Å². The van der Waals surface area contributed by atoms with Gasteiger partial charge in [-0.25, -0.2) is 0 Å². The van der Waals surface area contributed by atoms with E-state index in [-0.39, 0.29) is 11.5 Å². The second-order valence-electron chi connectivity index (χ2n) is 4.35. The lowest BCUT2D eigenvalue weighted by Crippen LogP contribution is -1.83. The number of halogens is 1. The molecule has 2 N–H and O–H groups in total. The Balaban J connectivity index is 2.29. The molecule has 3 heteroatoms. The van der Waals surface area contributed by atoms with Gasteiger partial charge in [0.1, 0.15) is 11.5 Å². The number of fused-ring (bicyclic) bond motifs is 1. The van der Waals surface area contributed by atoms with Gasteiger partial charge in [-0.1, -0.05) is 30.3 Å². The van der Waals surface area contributed by atoms with E-state index in [4.69, 9.17) is 0 Å². The van der Waals surface area contributed by atoms with Crippen LogP contribution >= 0.6 is 15.9 Å². The van der Waals surface area contributed by atoms with Crippen molar-refractivity contribution in [2.24, 2.45) is 0 Å². The second-order valence-corrected chi connectivity index (χ2v) is 5.14. The predicted octanol–water partition coefficient (Wildman–Crippen LogP) is 4.68. The molecule has 0 radical (unpaired) electrons. The minimum Gasteiger partial charge on any atom is -0.508 e. The molecule has 0 fully saturated rings. The smallest absolute Gasteiger partial charge is 0.123 e. The molecule has 3 aromatic rings. The summed E-state index contributed by atoms with van der Waals surface area (Å²) in [6, 6.07) is 16.3. The van der Waals surface area contributed by atoms with Crippen molar-refractivity contribution in [3.05, 3.63) is 59.1 Å². The summed E-state index contributed by atoms with van der Waals surface area (Å²) >= 11 is 3.58. The molecular formula is C16H11BrO2. The fourth-order valence-corrected chi connectivity index (χ4v) is 2.90. The van der Waals surface area contributed by atoms with E-state index in [1.54, 1.807) is 24.3 Å². The minimum absolute atomic E-state index is 0.245. The van der Waals surface area contributed by atoms with Gasteiger partial charge in [-0.05, 0) is 51.0 Å². The maximum Gasteiger partial charge on any atom is 0.123 e. The van der Waals surface area contributed by atoms with Crippen LogP contribution in [0.3, 0.4) is 0 Å². The maximum atomic E-state index is 9.94. The first-order chi connectivity index (χ1) is 9.16. The average Bonchev–Trinajstić information content (AvgIpc) is 2.40. The van der Waals surface area contributed by atoms with E-state index in [2.05, 4.69) is 15.9 Å². The summed E-state index contributed by atoms with van der Waals surface area (Å²) in [4.78, 5) is 0. The third-order valence-corrected chi connectivity index (χ3v) is 3.99. The molecule has 0 aliphatic rings. The highest BCUT2D eigenvalue weighted by Crippen LogP contribution is 2.38. The Hall–Kier alpha value is -2.00. The van der Waals surface area contributed by atoms with Crippen LogP contribution in [-0.2, 0) is 0 Å². The van der Waals surface area contributed by atoms with Crippen LogP contribution in [-0.4, -0.2) is 10.2 Å². The largest absolute Gasteiger partial charge is 0.508 e. The number of phenols is 2. The molecule has 19 heavy (non-hydrogen) atoms. The van der Waals surface area contributed by atoms with Gasteiger partial charge in [0.05, 0.1) is 0 Å². The van der Waals surface area contributed by atoms with Crippen molar-refractivity contribution in [2.45, 2.75) is 0 Å². The van der Waals surface area contributed by atoms with Crippen LogP contribution < -0.4 is 0 Å². The van der Waals surface area contributed by atoms with Crippen molar-refractivity contribution in [3.8, 4) is 22.6 Å². The van der Waals surface area contributed by atoms with E-state index in [0.29, 0.717) is 0 Å². The number of phenolic OH excluding ortho intramolecular Hbond substituents is 2.